The van der Waals surface area contributed by atoms with Gasteiger partial charge in [0.25, 0.3) is 0 Å². The fourth-order valence-corrected chi connectivity index (χ4v) is 2.84. The number of anilines is 1. The van der Waals surface area contributed by atoms with E-state index in [0.717, 1.165) is 6.54 Å². The summed E-state index contributed by atoms with van der Waals surface area (Å²) in [6.07, 6.45) is 3.25. The van der Waals surface area contributed by atoms with Gasteiger partial charge in [-0.15, -0.1) is 0 Å². The molecule has 1 fully saturated rings. The monoisotopic (exact) mass is 264 g/mol. The third-order valence-corrected chi connectivity index (χ3v) is 4.92. The molecule has 4 nitrogen and oxygen atoms in total. The van der Waals surface area contributed by atoms with Gasteiger partial charge in [0, 0.05) is 18.9 Å². The third kappa shape index (κ3) is 1.96. The minimum atomic E-state index is 0.278. The van der Waals surface area contributed by atoms with E-state index in [1.807, 2.05) is 0 Å². The van der Waals surface area contributed by atoms with Gasteiger partial charge in [0.05, 0.1) is 0 Å². The highest BCUT2D eigenvalue weighted by atomic mass is 32.1. The zero-order chi connectivity index (χ0) is 13.6. The summed E-state index contributed by atoms with van der Waals surface area (Å²) in [6, 6.07) is 0. The Morgan fingerprint density at radius 3 is 2.33 bits per heavy atom. The molecule has 0 aliphatic heterocycles. The SMILES string of the molecule is CC1(C)C(CNc2nccnc2C(N)=S)C1(C)C. The molecule has 1 aliphatic carbocycles. The van der Waals surface area contributed by atoms with Crippen LogP contribution in [0.1, 0.15) is 33.4 Å². The van der Waals surface area contributed by atoms with Gasteiger partial charge in [-0.2, -0.15) is 0 Å². The van der Waals surface area contributed by atoms with Crippen molar-refractivity contribution in [3.05, 3.63) is 18.1 Å². The van der Waals surface area contributed by atoms with Gasteiger partial charge in [0.2, 0.25) is 0 Å². The van der Waals surface area contributed by atoms with Crippen molar-refractivity contribution in [3.8, 4) is 0 Å². The lowest BCUT2D eigenvalue weighted by atomic mass is 10.0. The Labute approximate surface area is 113 Å². The van der Waals surface area contributed by atoms with E-state index < -0.39 is 0 Å². The molecule has 0 radical (unpaired) electrons. The van der Waals surface area contributed by atoms with Gasteiger partial charge in [-0.05, 0) is 16.7 Å². The molecule has 0 unspecified atom stereocenters. The van der Waals surface area contributed by atoms with E-state index in [0.29, 0.717) is 28.3 Å². The maximum Gasteiger partial charge on any atom is 0.155 e. The highest BCUT2D eigenvalue weighted by Gasteiger charge is 2.64. The number of nitrogens with zero attached hydrogens (tertiary/aromatic N) is 2. The lowest BCUT2D eigenvalue weighted by molar-refractivity contribution is 0.457. The predicted octanol–water partition coefficient (Wildman–Crippen LogP) is 2.20. The van der Waals surface area contributed by atoms with Crippen LogP contribution in [0.5, 0.6) is 0 Å². The predicted molar refractivity (Wildman–Crippen MR) is 77.5 cm³/mol. The maximum atomic E-state index is 5.63. The van der Waals surface area contributed by atoms with E-state index >= 15 is 0 Å². The molecule has 0 amide bonds. The number of nitrogens with two attached hydrogens (primary N) is 1. The van der Waals surface area contributed by atoms with Crippen LogP contribution in [-0.4, -0.2) is 21.5 Å². The topological polar surface area (TPSA) is 63.8 Å². The molecule has 98 valence electrons. The highest BCUT2D eigenvalue weighted by Crippen LogP contribution is 2.68. The second-order valence-corrected chi connectivity index (χ2v) is 6.43. The molecule has 1 aromatic heterocycles. The lowest BCUT2D eigenvalue weighted by Crippen LogP contribution is -2.18. The number of rotatable bonds is 4. The van der Waals surface area contributed by atoms with Crippen molar-refractivity contribution >= 4 is 23.0 Å². The van der Waals surface area contributed by atoms with Crippen LogP contribution in [0.25, 0.3) is 0 Å². The Bertz CT molecular complexity index is 468. The Kier molecular flexibility index (Phi) is 3.05. The molecule has 18 heavy (non-hydrogen) atoms. The Hall–Kier alpha value is -1.23. The van der Waals surface area contributed by atoms with Gasteiger partial charge in [-0.1, -0.05) is 39.9 Å². The number of aromatic nitrogens is 2. The third-order valence-electron chi connectivity index (χ3n) is 4.72. The van der Waals surface area contributed by atoms with Crippen molar-refractivity contribution in [3.63, 3.8) is 0 Å². The van der Waals surface area contributed by atoms with Crippen molar-refractivity contribution in [2.45, 2.75) is 27.7 Å². The fourth-order valence-electron chi connectivity index (χ4n) is 2.69. The first kappa shape index (κ1) is 13.2. The summed E-state index contributed by atoms with van der Waals surface area (Å²) in [4.78, 5) is 8.69. The van der Waals surface area contributed by atoms with Crippen molar-refractivity contribution in [1.82, 2.24) is 9.97 Å². The standard InChI is InChI=1S/C13H20N4S/c1-12(2)8(13(12,3)4)7-17-11-9(10(14)18)15-5-6-16-11/h5-6,8H,7H2,1-4H3,(H2,14,18)(H,16,17). The molecular weight excluding hydrogens is 244 g/mol. The molecule has 0 atom stereocenters. The van der Waals surface area contributed by atoms with Crippen LogP contribution in [0.3, 0.4) is 0 Å². The summed E-state index contributed by atoms with van der Waals surface area (Å²) in [7, 11) is 0. The zero-order valence-electron chi connectivity index (χ0n) is 11.3. The molecule has 0 spiro atoms. The first-order valence-corrected chi connectivity index (χ1v) is 6.54. The molecule has 1 aliphatic rings. The van der Waals surface area contributed by atoms with Crippen molar-refractivity contribution in [1.29, 1.82) is 0 Å². The zero-order valence-corrected chi connectivity index (χ0v) is 12.1. The molecule has 1 saturated carbocycles. The average molecular weight is 264 g/mol. The van der Waals surface area contributed by atoms with Crippen LogP contribution < -0.4 is 11.1 Å². The molecule has 5 heteroatoms. The lowest BCUT2D eigenvalue weighted by Gasteiger charge is -2.09. The molecule has 3 N–H and O–H groups in total. The summed E-state index contributed by atoms with van der Waals surface area (Å²) in [5, 5.41) is 3.33. The number of hydrogen-bond donors (Lipinski definition) is 2. The number of thiocarbonyl (C=S) groups is 1. The van der Waals surface area contributed by atoms with Gasteiger partial charge in [0.15, 0.2) is 5.82 Å². The van der Waals surface area contributed by atoms with Crippen LogP contribution in [0.2, 0.25) is 0 Å². The van der Waals surface area contributed by atoms with Crippen LogP contribution >= 0.6 is 12.2 Å². The van der Waals surface area contributed by atoms with Crippen molar-refractivity contribution in [2.24, 2.45) is 22.5 Å². The van der Waals surface area contributed by atoms with E-state index in [9.17, 15) is 0 Å². The van der Waals surface area contributed by atoms with Crippen LogP contribution in [0.4, 0.5) is 5.82 Å². The van der Waals surface area contributed by atoms with Crippen LogP contribution in [-0.2, 0) is 0 Å². The fraction of sp³-hybridized carbons (Fsp3) is 0.615. The summed E-state index contributed by atoms with van der Waals surface area (Å²) in [6.45, 7) is 10.1. The first-order chi connectivity index (χ1) is 8.28. The maximum absolute atomic E-state index is 5.63. The number of nitrogens with one attached hydrogen (secondary N) is 1. The molecule has 2 rings (SSSR count). The molecular formula is C13H20N4S. The summed E-state index contributed by atoms with van der Waals surface area (Å²) >= 11 is 4.97. The Morgan fingerprint density at radius 1 is 1.28 bits per heavy atom. The van der Waals surface area contributed by atoms with Gasteiger partial charge < -0.3 is 11.1 Å². The number of hydrogen-bond acceptors (Lipinski definition) is 4. The largest absolute Gasteiger partial charge is 0.388 e. The molecule has 1 aromatic rings. The summed E-state index contributed by atoms with van der Waals surface area (Å²) in [5.74, 6) is 1.30. The minimum absolute atomic E-state index is 0.278. The first-order valence-electron chi connectivity index (χ1n) is 6.13. The summed E-state index contributed by atoms with van der Waals surface area (Å²) in [5.41, 5.74) is 6.91. The summed E-state index contributed by atoms with van der Waals surface area (Å²) < 4.78 is 0. The van der Waals surface area contributed by atoms with E-state index in [4.69, 9.17) is 18.0 Å². The second-order valence-electron chi connectivity index (χ2n) is 5.99. The smallest absolute Gasteiger partial charge is 0.155 e. The minimum Gasteiger partial charge on any atom is -0.388 e. The Morgan fingerprint density at radius 2 is 1.83 bits per heavy atom. The normalized spacial score (nSPS) is 20.4. The molecule has 1 heterocycles. The van der Waals surface area contributed by atoms with Gasteiger partial charge in [0.1, 0.15) is 10.7 Å². The van der Waals surface area contributed by atoms with Gasteiger partial charge in [-0.3, -0.25) is 0 Å². The van der Waals surface area contributed by atoms with E-state index in [-0.39, 0.29) is 4.99 Å². The second kappa shape index (κ2) is 4.16. The molecule has 0 aromatic carbocycles. The van der Waals surface area contributed by atoms with E-state index in [1.165, 1.54) is 0 Å². The van der Waals surface area contributed by atoms with Gasteiger partial charge in [-0.25, -0.2) is 9.97 Å². The highest BCUT2D eigenvalue weighted by molar-refractivity contribution is 7.80. The molecule has 0 saturated heterocycles. The van der Waals surface area contributed by atoms with Crippen LogP contribution in [0, 0.1) is 16.7 Å². The van der Waals surface area contributed by atoms with E-state index in [1.54, 1.807) is 12.4 Å². The quantitative estimate of drug-likeness (QED) is 0.816. The van der Waals surface area contributed by atoms with Crippen molar-refractivity contribution in [2.75, 3.05) is 11.9 Å². The van der Waals surface area contributed by atoms with Gasteiger partial charge >= 0.3 is 0 Å². The van der Waals surface area contributed by atoms with Crippen molar-refractivity contribution < 1.29 is 0 Å². The average Bonchev–Trinajstić information content (AvgIpc) is 2.67. The van der Waals surface area contributed by atoms with E-state index in [2.05, 4.69) is 43.0 Å². The Balaban J connectivity index is 2.07. The van der Waals surface area contributed by atoms with Crippen LogP contribution in [0.15, 0.2) is 12.4 Å². The molecule has 0 bridgehead atoms.